The summed E-state index contributed by atoms with van der Waals surface area (Å²) in [6, 6.07) is 0. The number of aliphatic hydroxyl groups is 2. The Labute approximate surface area is 129 Å². The molecule has 0 saturated heterocycles. The second kappa shape index (κ2) is 4.58. The molecule has 0 spiro atoms. The quantitative estimate of drug-likeness (QED) is 0.715. The highest BCUT2D eigenvalue weighted by Crippen LogP contribution is 2.65. The first-order valence-corrected chi connectivity index (χ1v) is 8.74. The molecule has 0 aliphatic heterocycles. The molecule has 0 radical (unpaired) electrons. The van der Waals surface area contributed by atoms with Crippen LogP contribution in [0, 0.1) is 22.7 Å². The second-order valence-electron chi connectivity index (χ2n) is 9.12. The third kappa shape index (κ3) is 2.21. The van der Waals surface area contributed by atoms with Gasteiger partial charge in [0.05, 0.1) is 11.2 Å². The Hall–Kier alpha value is -0.340. The molecule has 21 heavy (non-hydrogen) atoms. The zero-order valence-electron chi connectivity index (χ0n) is 14.0. The highest BCUT2D eigenvalue weighted by atomic mass is 16.3. The maximum absolute atomic E-state index is 11.3. The molecule has 2 unspecified atom stereocenters. The van der Waals surface area contributed by atoms with Crippen LogP contribution in [0.25, 0.3) is 0 Å². The van der Waals surface area contributed by atoms with E-state index in [1.807, 2.05) is 0 Å². The largest absolute Gasteiger partial charge is 0.389 e. The van der Waals surface area contributed by atoms with Crippen LogP contribution >= 0.6 is 0 Å². The molecular formula is C19H32O2. The summed E-state index contributed by atoms with van der Waals surface area (Å²) in [6.45, 7) is 11.0. The van der Waals surface area contributed by atoms with Crippen molar-refractivity contribution in [3.05, 3.63) is 12.7 Å². The molecule has 0 aromatic heterocycles. The van der Waals surface area contributed by atoms with Gasteiger partial charge in [-0.2, -0.15) is 0 Å². The van der Waals surface area contributed by atoms with E-state index in [1.165, 1.54) is 19.3 Å². The van der Waals surface area contributed by atoms with Gasteiger partial charge in [-0.05, 0) is 61.2 Å². The van der Waals surface area contributed by atoms with Crippen LogP contribution in [0.5, 0.6) is 0 Å². The van der Waals surface area contributed by atoms with Crippen LogP contribution in [0.15, 0.2) is 12.7 Å². The molecule has 0 amide bonds. The van der Waals surface area contributed by atoms with E-state index >= 15 is 0 Å². The summed E-state index contributed by atoms with van der Waals surface area (Å²) in [7, 11) is 0. The van der Waals surface area contributed by atoms with E-state index in [4.69, 9.17) is 0 Å². The molecule has 3 rings (SSSR count). The van der Waals surface area contributed by atoms with E-state index in [0.29, 0.717) is 23.7 Å². The Kier molecular flexibility index (Phi) is 3.39. The van der Waals surface area contributed by atoms with Crippen molar-refractivity contribution in [3.8, 4) is 0 Å². The molecule has 2 N–H and O–H groups in total. The van der Waals surface area contributed by atoms with Crippen LogP contribution in [0.2, 0.25) is 0 Å². The van der Waals surface area contributed by atoms with E-state index in [9.17, 15) is 10.2 Å². The molecule has 5 atom stereocenters. The Bertz CT molecular complexity index is 443. The minimum Gasteiger partial charge on any atom is -0.389 e. The summed E-state index contributed by atoms with van der Waals surface area (Å²) in [5.74, 6) is 1.04. The summed E-state index contributed by atoms with van der Waals surface area (Å²) in [5.41, 5.74) is -0.934. The lowest BCUT2D eigenvalue weighted by Gasteiger charge is -2.64. The SMILES string of the molecule is C=CC1(O)CC[C@H]2[C@](O)(CCC3C(C)(C)CCC[C@@]32C)C1. The third-order valence-electron chi connectivity index (χ3n) is 7.44. The van der Waals surface area contributed by atoms with Gasteiger partial charge in [-0.3, -0.25) is 0 Å². The van der Waals surface area contributed by atoms with Gasteiger partial charge in [-0.15, -0.1) is 6.58 Å². The van der Waals surface area contributed by atoms with Crippen LogP contribution in [0.3, 0.4) is 0 Å². The summed E-state index contributed by atoms with van der Waals surface area (Å²) in [4.78, 5) is 0. The van der Waals surface area contributed by atoms with Crippen molar-refractivity contribution in [2.45, 2.75) is 83.3 Å². The maximum Gasteiger partial charge on any atom is 0.0852 e. The van der Waals surface area contributed by atoms with Crippen LogP contribution < -0.4 is 0 Å². The first-order chi connectivity index (χ1) is 9.65. The van der Waals surface area contributed by atoms with Gasteiger partial charge in [0.1, 0.15) is 0 Å². The molecule has 0 aromatic carbocycles. The standard InChI is InChI=1S/C19H32O2/c1-5-18(20)11-7-15-17(4)10-6-9-16(2,3)14(17)8-12-19(15,21)13-18/h5,14-15,20-21H,1,6-13H2,2-4H3/t14?,15-,17+,18?,19+/m1/s1. The van der Waals surface area contributed by atoms with E-state index < -0.39 is 11.2 Å². The summed E-state index contributed by atoms with van der Waals surface area (Å²) in [5, 5.41) is 21.9. The lowest BCUT2D eigenvalue weighted by molar-refractivity contribution is -0.214. The third-order valence-corrected chi connectivity index (χ3v) is 7.44. The average Bonchev–Trinajstić information content (AvgIpc) is 2.36. The van der Waals surface area contributed by atoms with Gasteiger partial charge in [0.2, 0.25) is 0 Å². The predicted octanol–water partition coefficient (Wildman–Crippen LogP) is 4.06. The van der Waals surface area contributed by atoms with Crippen molar-refractivity contribution in [2.75, 3.05) is 0 Å². The van der Waals surface area contributed by atoms with Crippen molar-refractivity contribution in [2.24, 2.45) is 22.7 Å². The fourth-order valence-corrected chi connectivity index (χ4v) is 6.48. The first kappa shape index (κ1) is 15.6. The average molecular weight is 292 g/mol. The molecule has 0 bridgehead atoms. The molecule has 3 fully saturated rings. The molecular weight excluding hydrogens is 260 g/mol. The summed E-state index contributed by atoms with van der Waals surface area (Å²) < 4.78 is 0. The number of fused-ring (bicyclic) bond motifs is 3. The van der Waals surface area contributed by atoms with Crippen LogP contribution in [0.1, 0.15) is 72.1 Å². The molecule has 0 aromatic rings. The maximum atomic E-state index is 11.3. The highest BCUT2D eigenvalue weighted by Gasteiger charge is 2.61. The first-order valence-electron chi connectivity index (χ1n) is 8.74. The van der Waals surface area contributed by atoms with Crippen LogP contribution in [-0.2, 0) is 0 Å². The zero-order chi connectivity index (χ0) is 15.5. The summed E-state index contributed by atoms with van der Waals surface area (Å²) in [6.07, 6.45) is 9.60. The Morgan fingerprint density at radius 2 is 1.62 bits per heavy atom. The second-order valence-corrected chi connectivity index (χ2v) is 9.12. The van der Waals surface area contributed by atoms with Gasteiger partial charge in [0.25, 0.3) is 0 Å². The fraction of sp³-hybridized carbons (Fsp3) is 0.895. The van der Waals surface area contributed by atoms with Crippen molar-refractivity contribution in [1.29, 1.82) is 0 Å². The van der Waals surface area contributed by atoms with Gasteiger partial charge < -0.3 is 10.2 Å². The van der Waals surface area contributed by atoms with E-state index in [1.54, 1.807) is 6.08 Å². The Balaban J connectivity index is 1.94. The summed E-state index contributed by atoms with van der Waals surface area (Å²) >= 11 is 0. The monoisotopic (exact) mass is 292 g/mol. The van der Waals surface area contributed by atoms with E-state index in [-0.39, 0.29) is 5.41 Å². The van der Waals surface area contributed by atoms with E-state index in [0.717, 1.165) is 25.7 Å². The Morgan fingerprint density at radius 3 is 2.29 bits per heavy atom. The van der Waals surface area contributed by atoms with Gasteiger partial charge in [-0.25, -0.2) is 0 Å². The van der Waals surface area contributed by atoms with Crippen LogP contribution in [0.4, 0.5) is 0 Å². The fourth-order valence-electron chi connectivity index (χ4n) is 6.48. The topological polar surface area (TPSA) is 40.5 Å². The number of rotatable bonds is 1. The molecule has 0 heterocycles. The van der Waals surface area contributed by atoms with Gasteiger partial charge >= 0.3 is 0 Å². The lowest BCUT2D eigenvalue weighted by Crippen LogP contribution is -2.62. The molecule has 3 saturated carbocycles. The smallest absolute Gasteiger partial charge is 0.0852 e. The minimum atomic E-state index is -0.862. The van der Waals surface area contributed by atoms with Gasteiger partial charge in [-0.1, -0.05) is 33.3 Å². The minimum absolute atomic E-state index is 0.233. The number of hydrogen-bond donors (Lipinski definition) is 2. The van der Waals surface area contributed by atoms with Crippen molar-refractivity contribution in [1.82, 2.24) is 0 Å². The zero-order valence-corrected chi connectivity index (χ0v) is 14.0. The van der Waals surface area contributed by atoms with Crippen molar-refractivity contribution < 1.29 is 10.2 Å². The Morgan fingerprint density at radius 1 is 0.952 bits per heavy atom. The molecule has 2 nitrogen and oxygen atoms in total. The molecule has 2 heteroatoms. The predicted molar refractivity (Wildman–Crippen MR) is 85.9 cm³/mol. The number of hydrogen-bond acceptors (Lipinski definition) is 2. The van der Waals surface area contributed by atoms with Crippen LogP contribution in [-0.4, -0.2) is 21.4 Å². The lowest BCUT2D eigenvalue weighted by atomic mass is 9.43. The van der Waals surface area contributed by atoms with Gasteiger partial charge in [0.15, 0.2) is 0 Å². The highest BCUT2D eigenvalue weighted by molar-refractivity contribution is 5.15. The van der Waals surface area contributed by atoms with Gasteiger partial charge in [0, 0.05) is 6.42 Å². The van der Waals surface area contributed by atoms with Crippen molar-refractivity contribution in [3.63, 3.8) is 0 Å². The molecule has 120 valence electrons. The normalized spacial score (nSPS) is 52.6. The van der Waals surface area contributed by atoms with Crippen molar-refractivity contribution >= 4 is 0 Å². The molecule has 3 aliphatic carbocycles. The molecule has 3 aliphatic rings. The van der Waals surface area contributed by atoms with E-state index in [2.05, 4.69) is 27.4 Å².